The second kappa shape index (κ2) is 6.33. The third-order valence-electron chi connectivity index (χ3n) is 2.46. The van der Waals surface area contributed by atoms with Gasteiger partial charge in [-0.2, -0.15) is 0 Å². The lowest BCUT2D eigenvalue weighted by Crippen LogP contribution is -2.38. The van der Waals surface area contributed by atoms with Crippen LogP contribution in [0.5, 0.6) is 0 Å². The van der Waals surface area contributed by atoms with Crippen molar-refractivity contribution in [1.29, 1.82) is 0 Å². The highest BCUT2D eigenvalue weighted by Gasteiger charge is 2.18. The van der Waals surface area contributed by atoms with Crippen LogP contribution in [0.25, 0.3) is 0 Å². The first-order valence-corrected chi connectivity index (χ1v) is 5.94. The van der Waals surface area contributed by atoms with E-state index in [1.54, 1.807) is 6.92 Å². The van der Waals surface area contributed by atoms with Crippen molar-refractivity contribution in [3.8, 4) is 0 Å². The molecule has 0 aliphatic rings. The van der Waals surface area contributed by atoms with E-state index in [1.165, 1.54) is 12.1 Å². The highest BCUT2D eigenvalue weighted by molar-refractivity contribution is 6.36. The highest BCUT2D eigenvalue weighted by atomic mass is 35.5. The number of hydrogen-bond donors (Lipinski definition) is 3. The molecule has 0 heterocycles. The number of hydrogen-bond acceptors (Lipinski definition) is 3. The molecule has 0 aliphatic carbocycles. The molecule has 0 saturated carbocycles. The molecule has 4 N–H and O–H groups in total. The van der Waals surface area contributed by atoms with Gasteiger partial charge in [0.1, 0.15) is 11.9 Å². The van der Waals surface area contributed by atoms with Crippen molar-refractivity contribution in [3.63, 3.8) is 0 Å². The maximum absolute atomic E-state index is 13.3. The zero-order valence-electron chi connectivity index (χ0n) is 9.58. The molecule has 100 valence electrons. The van der Waals surface area contributed by atoms with Crippen molar-refractivity contribution >= 4 is 29.1 Å². The van der Waals surface area contributed by atoms with Gasteiger partial charge in [-0.05, 0) is 19.1 Å². The number of amides is 1. The summed E-state index contributed by atoms with van der Waals surface area (Å²) in [6.07, 6.45) is -1.32. The van der Waals surface area contributed by atoms with Crippen molar-refractivity contribution in [3.05, 3.63) is 33.6 Å². The van der Waals surface area contributed by atoms with Crippen LogP contribution in [0.4, 0.5) is 4.39 Å². The van der Waals surface area contributed by atoms with Crippen LogP contribution in [0.15, 0.2) is 12.1 Å². The van der Waals surface area contributed by atoms with Gasteiger partial charge in [-0.3, -0.25) is 4.79 Å². The fourth-order valence-electron chi connectivity index (χ4n) is 1.43. The normalized spacial score (nSPS) is 14.3. The van der Waals surface area contributed by atoms with Crippen molar-refractivity contribution < 1.29 is 14.3 Å². The standard InChI is InChI=1S/C11H13Cl2FN2O2/c1-5(16-4-8(17)11(15)18)9-6(12)2-3-7(14)10(9)13/h2-3,5,8,16-17H,4H2,1H3,(H2,15,18). The number of carbonyl (C=O) groups is 1. The molecule has 2 atom stereocenters. The molecule has 0 aliphatic heterocycles. The molecular formula is C11H13Cl2FN2O2. The van der Waals surface area contributed by atoms with Gasteiger partial charge >= 0.3 is 0 Å². The smallest absolute Gasteiger partial charge is 0.247 e. The minimum Gasteiger partial charge on any atom is -0.382 e. The predicted octanol–water partition coefficient (Wildman–Crippen LogP) is 1.63. The lowest BCUT2D eigenvalue weighted by atomic mass is 10.1. The second-order valence-corrected chi connectivity index (χ2v) is 4.59. The Balaban J connectivity index is 2.82. The molecule has 1 aromatic carbocycles. The molecule has 0 aromatic heterocycles. The predicted molar refractivity (Wildman–Crippen MR) is 68.0 cm³/mol. The average molecular weight is 295 g/mol. The van der Waals surface area contributed by atoms with Crippen molar-refractivity contribution in [2.24, 2.45) is 5.73 Å². The maximum Gasteiger partial charge on any atom is 0.247 e. The number of nitrogens with two attached hydrogens (primary N) is 1. The van der Waals surface area contributed by atoms with Gasteiger partial charge in [0.2, 0.25) is 5.91 Å². The van der Waals surface area contributed by atoms with Crippen LogP contribution in [0.3, 0.4) is 0 Å². The highest BCUT2D eigenvalue weighted by Crippen LogP contribution is 2.32. The summed E-state index contributed by atoms with van der Waals surface area (Å²) >= 11 is 11.7. The Labute approximate surface area is 114 Å². The molecule has 7 heteroatoms. The number of rotatable bonds is 5. The fraction of sp³-hybridized carbons (Fsp3) is 0.364. The van der Waals surface area contributed by atoms with E-state index in [0.29, 0.717) is 10.6 Å². The Kier molecular flexibility index (Phi) is 5.34. The van der Waals surface area contributed by atoms with E-state index in [2.05, 4.69) is 5.32 Å². The average Bonchev–Trinajstić information content (AvgIpc) is 2.31. The van der Waals surface area contributed by atoms with Gasteiger partial charge in [0.25, 0.3) is 0 Å². The first-order valence-electron chi connectivity index (χ1n) is 5.18. The Morgan fingerprint density at radius 3 is 2.72 bits per heavy atom. The molecule has 18 heavy (non-hydrogen) atoms. The Morgan fingerprint density at radius 2 is 2.17 bits per heavy atom. The molecule has 0 fully saturated rings. The zero-order chi connectivity index (χ0) is 13.9. The number of primary amides is 1. The summed E-state index contributed by atoms with van der Waals surface area (Å²) in [5, 5.41) is 12.3. The SMILES string of the molecule is CC(NCC(O)C(N)=O)c1c(Cl)ccc(F)c1Cl. The number of halogens is 3. The van der Waals surface area contributed by atoms with Crippen LogP contribution in [-0.4, -0.2) is 23.7 Å². The second-order valence-electron chi connectivity index (χ2n) is 3.80. The molecule has 2 unspecified atom stereocenters. The number of benzene rings is 1. The number of carbonyl (C=O) groups excluding carboxylic acids is 1. The molecular weight excluding hydrogens is 282 g/mol. The van der Waals surface area contributed by atoms with Crippen LogP contribution < -0.4 is 11.1 Å². The lowest BCUT2D eigenvalue weighted by molar-refractivity contribution is -0.125. The molecule has 1 aromatic rings. The van der Waals surface area contributed by atoms with Crippen LogP contribution in [0.2, 0.25) is 10.0 Å². The monoisotopic (exact) mass is 294 g/mol. The molecule has 1 rings (SSSR count). The van der Waals surface area contributed by atoms with E-state index in [-0.39, 0.29) is 11.6 Å². The Bertz CT molecular complexity index is 457. The summed E-state index contributed by atoms with van der Waals surface area (Å²) < 4.78 is 13.3. The van der Waals surface area contributed by atoms with Crippen LogP contribution in [-0.2, 0) is 4.79 Å². The minimum atomic E-state index is -1.32. The van der Waals surface area contributed by atoms with Crippen molar-refractivity contribution in [2.75, 3.05) is 6.54 Å². The van der Waals surface area contributed by atoms with E-state index in [0.717, 1.165) is 0 Å². The Hall–Kier alpha value is -0.880. The van der Waals surface area contributed by atoms with E-state index in [1.807, 2.05) is 0 Å². The van der Waals surface area contributed by atoms with Crippen molar-refractivity contribution in [2.45, 2.75) is 19.1 Å². The van der Waals surface area contributed by atoms with E-state index < -0.39 is 23.9 Å². The lowest BCUT2D eigenvalue weighted by Gasteiger charge is -2.18. The summed E-state index contributed by atoms with van der Waals surface area (Å²) in [5.74, 6) is -1.42. The quantitative estimate of drug-likeness (QED) is 0.723. The number of nitrogens with one attached hydrogen (secondary N) is 1. The third kappa shape index (κ3) is 3.55. The molecule has 0 saturated heterocycles. The van der Waals surface area contributed by atoms with Gasteiger partial charge in [-0.1, -0.05) is 23.2 Å². The molecule has 1 amide bonds. The van der Waals surface area contributed by atoms with Gasteiger partial charge < -0.3 is 16.2 Å². The number of aliphatic hydroxyl groups excluding tert-OH is 1. The summed E-state index contributed by atoms with van der Waals surface area (Å²) in [4.78, 5) is 10.7. The number of aliphatic hydroxyl groups is 1. The van der Waals surface area contributed by atoms with Gasteiger partial charge in [0.15, 0.2) is 0 Å². The van der Waals surface area contributed by atoms with Crippen LogP contribution >= 0.6 is 23.2 Å². The van der Waals surface area contributed by atoms with E-state index in [9.17, 15) is 14.3 Å². The molecule has 0 radical (unpaired) electrons. The van der Waals surface area contributed by atoms with E-state index >= 15 is 0 Å². The largest absolute Gasteiger partial charge is 0.382 e. The fourth-order valence-corrected chi connectivity index (χ4v) is 2.13. The van der Waals surface area contributed by atoms with E-state index in [4.69, 9.17) is 28.9 Å². The molecule has 0 spiro atoms. The topological polar surface area (TPSA) is 75.3 Å². The summed E-state index contributed by atoms with van der Waals surface area (Å²) in [6.45, 7) is 1.61. The molecule has 4 nitrogen and oxygen atoms in total. The zero-order valence-corrected chi connectivity index (χ0v) is 11.1. The van der Waals surface area contributed by atoms with Gasteiger partial charge in [-0.25, -0.2) is 4.39 Å². The van der Waals surface area contributed by atoms with Gasteiger partial charge in [0, 0.05) is 23.2 Å². The van der Waals surface area contributed by atoms with Gasteiger partial charge in [0.05, 0.1) is 5.02 Å². The minimum absolute atomic E-state index is 0.0698. The Morgan fingerprint density at radius 1 is 1.56 bits per heavy atom. The third-order valence-corrected chi connectivity index (χ3v) is 3.17. The maximum atomic E-state index is 13.3. The summed E-state index contributed by atoms with van der Waals surface area (Å²) in [7, 11) is 0. The first kappa shape index (κ1) is 15.2. The summed E-state index contributed by atoms with van der Waals surface area (Å²) in [6, 6.07) is 2.12. The van der Waals surface area contributed by atoms with Crippen LogP contribution in [0, 0.1) is 5.82 Å². The first-order chi connectivity index (χ1) is 8.34. The summed E-state index contributed by atoms with van der Waals surface area (Å²) in [5.41, 5.74) is 5.27. The molecule has 0 bridgehead atoms. The van der Waals surface area contributed by atoms with Crippen molar-refractivity contribution in [1.82, 2.24) is 5.32 Å². The van der Waals surface area contributed by atoms with Crippen LogP contribution in [0.1, 0.15) is 18.5 Å². The van der Waals surface area contributed by atoms with Gasteiger partial charge in [-0.15, -0.1) is 0 Å².